The zero-order chi connectivity index (χ0) is 21.5. The molecule has 1 atom stereocenters. The highest BCUT2D eigenvalue weighted by Crippen LogP contribution is 2.55. The van der Waals surface area contributed by atoms with Crippen molar-refractivity contribution >= 4 is 23.6 Å². The van der Waals surface area contributed by atoms with Crippen LogP contribution in [-0.4, -0.2) is 39.7 Å². The normalized spacial score (nSPS) is 30.2. The van der Waals surface area contributed by atoms with E-state index in [-0.39, 0.29) is 23.8 Å². The summed E-state index contributed by atoms with van der Waals surface area (Å²) >= 11 is 1.51. The fourth-order valence-electron chi connectivity index (χ4n) is 6.33. The van der Waals surface area contributed by atoms with Gasteiger partial charge in [-0.3, -0.25) is 9.59 Å². The maximum absolute atomic E-state index is 12.8. The first-order valence-corrected chi connectivity index (χ1v) is 12.4. The highest BCUT2D eigenvalue weighted by molar-refractivity contribution is 7.98. The number of hydrogen-bond donors (Lipinski definition) is 1. The lowest BCUT2D eigenvalue weighted by molar-refractivity contribution is -0.156. The van der Waals surface area contributed by atoms with Gasteiger partial charge in [-0.1, -0.05) is 11.8 Å². The Bertz CT molecular complexity index is 783. The maximum Gasteiger partial charge on any atom is 0.306 e. The van der Waals surface area contributed by atoms with Crippen LogP contribution in [0.3, 0.4) is 0 Å². The number of nitrogens with one attached hydrogen (secondary N) is 1. The van der Waals surface area contributed by atoms with E-state index in [1.165, 1.54) is 31.0 Å². The first kappa shape index (κ1) is 21.6. The summed E-state index contributed by atoms with van der Waals surface area (Å²) in [5.41, 5.74) is 2.71. The molecule has 1 amide bonds. The number of thioether (sulfide) groups is 1. The van der Waals surface area contributed by atoms with Crippen molar-refractivity contribution in [1.82, 2.24) is 15.3 Å². The molecular formula is C23H33N3O3S. The standard InChI is InChI=1S/C23H33N3O3S/c1-13-19(14(2)25-22(24-13)30-4)5-6-20(27)29-15(3)21(28)26-23-10-16-7-17(11-23)9-18(8-16)12-23/h15-18H,5-12H2,1-4H3,(H,26,28)/t15-,16?,17?,18?,23?/m1/s1. The minimum absolute atomic E-state index is 0.0584. The molecule has 4 saturated carbocycles. The lowest BCUT2D eigenvalue weighted by Gasteiger charge is -2.57. The number of carbonyl (C=O) groups excluding carboxylic acids is 2. The summed E-state index contributed by atoms with van der Waals surface area (Å²) in [5, 5.41) is 4.04. The summed E-state index contributed by atoms with van der Waals surface area (Å²) in [4.78, 5) is 34.1. The van der Waals surface area contributed by atoms with Crippen LogP contribution in [0, 0.1) is 31.6 Å². The second-order valence-corrected chi connectivity index (χ2v) is 10.5. The molecule has 4 bridgehead atoms. The van der Waals surface area contributed by atoms with Crippen LogP contribution in [0.5, 0.6) is 0 Å². The zero-order valence-electron chi connectivity index (χ0n) is 18.5. The van der Waals surface area contributed by atoms with Crippen molar-refractivity contribution in [2.45, 2.75) is 88.9 Å². The van der Waals surface area contributed by atoms with Gasteiger partial charge in [-0.15, -0.1) is 0 Å². The van der Waals surface area contributed by atoms with Crippen LogP contribution >= 0.6 is 11.8 Å². The molecule has 1 heterocycles. The van der Waals surface area contributed by atoms with E-state index in [2.05, 4.69) is 15.3 Å². The molecule has 1 aromatic heterocycles. The van der Waals surface area contributed by atoms with E-state index in [4.69, 9.17) is 4.74 Å². The Balaban J connectivity index is 1.29. The lowest BCUT2D eigenvalue weighted by Crippen LogP contribution is -2.61. The summed E-state index contributed by atoms with van der Waals surface area (Å²) in [6.45, 7) is 5.56. The molecule has 7 heteroatoms. The Hall–Kier alpha value is -1.63. The van der Waals surface area contributed by atoms with Gasteiger partial charge in [0.05, 0.1) is 0 Å². The quantitative estimate of drug-likeness (QED) is 0.402. The first-order chi connectivity index (χ1) is 14.3. The van der Waals surface area contributed by atoms with Gasteiger partial charge in [0.15, 0.2) is 11.3 Å². The number of ether oxygens (including phenoxy) is 1. The van der Waals surface area contributed by atoms with E-state index < -0.39 is 6.10 Å². The Morgan fingerprint density at radius 3 is 2.13 bits per heavy atom. The largest absolute Gasteiger partial charge is 0.453 e. The van der Waals surface area contributed by atoms with Gasteiger partial charge < -0.3 is 10.1 Å². The molecule has 4 aliphatic rings. The molecule has 1 N–H and O–H groups in total. The van der Waals surface area contributed by atoms with Crippen LogP contribution in [0.4, 0.5) is 0 Å². The predicted octanol–water partition coefficient (Wildman–Crippen LogP) is 3.76. The molecule has 0 spiro atoms. The number of aromatic nitrogens is 2. The number of rotatable bonds is 7. The maximum atomic E-state index is 12.8. The highest BCUT2D eigenvalue weighted by atomic mass is 32.2. The van der Waals surface area contributed by atoms with Crippen LogP contribution in [0.2, 0.25) is 0 Å². The Morgan fingerprint density at radius 2 is 1.63 bits per heavy atom. The van der Waals surface area contributed by atoms with Gasteiger partial charge in [0.25, 0.3) is 5.91 Å². The van der Waals surface area contributed by atoms with Crippen molar-refractivity contribution in [2.75, 3.05) is 6.26 Å². The van der Waals surface area contributed by atoms with Crippen molar-refractivity contribution in [2.24, 2.45) is 17.8 Å². The lowest BCUT2D eigenvalue weighted by atomic mass is 9.53. The summed E-state index contributed by atoms with van der Waals surface area (Å²) < 4.78 is 5.48. The Kier molecular flexibility index (Phi) is 6.11. The van der Waals surface area contributed by atoms with Gasteiger partial charge in [-0.2, -0.15) is 0 Å². The van der Waals surface area contributed by atoms with E-state index in [0.717, 1.165) is 59.1 Å². The molecule has 0 unspecified atom stereocenters. The van der Waals surface area contributed by atoms with Crippen LogP contribution in [0.25, 0.3) is 0 Å². The van der Waals surface area contributed by atoms with Crippen LogP contribution < -0.4 is 5.32 Å². The smallest absolute Gasteiger partial charge is 0.306 e. The highest BCUT2D eigenvalue weighted by Gasteiger charge is 2.51. The molecule has 164 valence electrons. The predicted molar refractivity (Wildman–Crippen MR) is 116 cm³/mol. The summed E-state index contributed by atoms with van der Waals surface area (Å²) in [6, 6.07) is 0. The van der Waals surface area contributed by atoms with Gasteiger partial charge in [0.1, 0.15) is 0 Å². The zero-order valence-corrected chi connectivity index (χ0v) is 19.3. The minimum atomic E-state index is -0.761. The van der Waals surface area contributed by atoms with Gasteiger partial charge in [-0.05, 0) is 95.3 Å². The Labute approximate surface area is 183 Å². The SMILES string of the molecule is CSc1nc(C)c(CCC(=O)O[C@H](C)C(=O)NC23CC4CC(CC(C4)C2)C3)c(C)n1. The average Bonchev–Trinajstić information content (AvgIpc) is 2.65. The minimum Gasteiger partial charge on any atom is -0.453 e. The van der Waals surface area contributed by atoms with Crippen molar-refractivity contribution in [3.8, 4) is 0 Å². The van der Waals surface area contributed by atoms with Gasteiger partial charge >= 0.3 is 5.97 Å². The van der Waals surface area contributed by atoms with Crippen LogP contribution in [0.15, 0.2) is 5.16 Å². The molecule has 0 radical (unpaired) electrons. The molecule has 1 aromatic rings. The van der Waals surface area contributed by atoms with Crippen molar-refractivity contribution in [1.29, 1.82) is 0 Å². The fourth-order valence-corrected chi connectivity index (χ4v) is 6.78. The monoisotopic (exact) mass is 431 g/mol. The summed E-state index contributed by atoms with van der Waals surface area (Å²) in [5.74, 6) is 1.79. The molecule has 5 rings (SSSR count). The molecule has 4 aliphatic carbocycles. The van der Waals surface area contributed by atoms with Gasteiger partial charge in [0, 0.05) is 23.3 Å². The second-order valence-electron chi connectivity index (χ2n) is 9.68. The second kappa shape index (κ2) is 8.48. The number of hydrogen-bond acceptors (Lipinski definition) is 6. The third kappa shape index (κ3) is 4.51. The third-order valence-corrected chi connectivity index (χ3v) is 7.81. The number of nitrogens with zero attached hydrogens (tertiary/aromatic N) is 2. The van der Waals surface area contributed by atoms with Crippen LogP contribution in [0.1, 0.15) is 68.8 Å². The molecular weight excluding hydrogens is 398 g/mol. The molecule has 0 aromatic carbocycles. The average molecular weight is 432 g/mol. The first-order valence-electron chi connectivity index (χ1n) is 11.2. The number of aryl methyl sites for hydroxylation is 2. The number of amides is 1. The van der Waals surface area contributed by atoms with E-state index >= 15 is 0 Å². The number of esters is 1. The van der Waals surface area contributed by atoms with E-state index in [9.17, 15) is 9.59 Å². The van der Waals surface area contributed by atoms with E-state index in [1.807, 2.05) is 20.1 Å². The van der Waals surface area contributed by atoms with Gasteiger partial charge in [0.2, 0.25) is 0 Å². The van der Waals surface area contributed by atoms with Crippen LogP contribution in [-0.2, 0) is 20.7 Å². The molecule has 6 nitrogen and oxygen atoms in total. The molecule has 4 fully saturated rings. The molecule has 0 aliphatic heterocycles. The number of carbonyl (C=O) groups is 2. The Morgan fingerprint density at radius 1 is 1.10 bits per heavy atom. The van der Waals surface area contributed by atoms with Gasteiger partial charge in [-0.25, -0.2) is 9.97 Å². The molecule has 0 saturated heterocycles. The summed E-state index contributed by atoms with van der Waals surface area (Å²) in [6.07, 6.45) is 9.21. The fraction of sp³-hybridized carbons (Fsp3) is 0.739. The third-order valence-electron chi connectivity index (χ3n) is 7.27. The van der Waals surface area contributed by atoms with Crippen molar-refractivity contribution < 1.29 is 14.3 Å². The van der Waals surface area contributed by atoms with E-state index in [0.29, 0.717) is 6.42 Å². The van der Waals surface area contributed by atoms with Crippen molar-refractivity contribution in [3.63, 3.8) is 0 Å². The topological polar surface area (TPSA) is 81.2 Å². The van der Waals surface area contributed by atoms with Crippen molar-refractivity contribution in [3.05, 3.63) is 17.0 Å². The molecule has 30 heavy (non-hydrogen) atoms. The summed E-state index contributed by atoms with van der Waals surface area (Å²) in [7, 11) is 0. The van der Waals surface area contributed by atoms with E-state index in [1.54, 1.807) is 6.92 Å².